The largest absolute Gasteiger partial charge is 0.493 e. The van der Waals surface area contributed by atoms with Gasteiger partial charge in [0, 0.05) is 19.5 Å². The molecule has 1 aromatic rings. The van der Waals surface area contributed by atoms with Crippen LogP contribution in [0.1, 0.15) is 49.7 Å². The summed E-state index contributed by atoms with van der Waals surface area (Å²) >= 11 is 0. The minimum atomic E-state index is -0.293. The summed E-state index contributed by atoms with van der Waals surface area (Å²) in [6, 6.07) is 4.21. The van der Waals surface area contributed by atoms with Crippen LogP contribution >= 0.6 is 0 Å². The minimum absolute atomic E-state index is 0.293. The molecule has 0 unspecified atom stereocenters. The molecular formula is C19H30N2O4. The van der Waals surface area contributed by atoms with Crippen molar-refractivity contribution >= 4 is 5.91 Å². The van der Waals surface area contributed by atoms with Crippen LogP contribution in [0.5, 0.6) is 11.5 Å². The third-order valence-electron chi connectivity index (χ3n) is 4.80. The molecule has 25 heavy (non-hydrogen) atoms. The second-order valence-electron chi connectivity index (χ2n) is 6.55. The monoisotopic (exact) mass is 350 g/mol. The van der Waals surface area contributed by atoms with Gasteiger partial charge in [-0.3, -0.25) is 14.9 Å². The molecule has 2 N–H and O–H groups in total. The smallest absolute Gasteiger partial charge is 0.243 e. The quantitative estimate of drug-likeness (QED) is 0.386. The Balaban J connectivity index is 1.69. The van der Waals surface area contributed by atoms with Gasteiger partial charge in [-0.1, -0.05) is 19.3 Å². The molecule has 1 amide bonds. The number of nitrogens with one attached hydrogen (secondary N) is 1. The maximum Gasteiger partial charge on any atom is 0.243 e. The summed E-state index contributed by atoms with van der Waals surface area (Å²) in [5.74, 6) is 1.32. The van der Waals surface area contributed by atoms with Gasteiger partial charge in [-0.2, -0.15) is 0 Å². The fraction of sp³-hybridized carbons (Fsp3) is 0.632. The average molecular weight is 350 g/mol. The first-order valence-corrected chi connectivity index (χ1v) is 9.07. The van der Waals surface area contributed by atoms with Gasteiger partial charge in [0.25, 0.3) is 0 Å². The van der Waals surface area contributed by atoms with Gasteiger partial charge in [0.1, 0.15) is 0 Å². The molecule has 0 saturated heterocycles. The van der Waals surface area contributed by atoms with Crippen molar-refractivity contribution in [2.24, 2.45) is 0 Å². The maximum atomic E-state index is 10.9. The van der Waals surface area contributed by atoms with E-state index in [2.05, 4.69) is 17.0 Å². The fourth-order valence-corrected chi connectivity index (χ4v) is 3.34. The first-order valence-electron chi connectivity index (χ1n) is 9.07. The van der Waals surface area contributed by atoms with Crippen molar-refractivity contribution in [3.05, 3.63) is 23.3 Å². The number of ether oxygens (including phenoxy) is 2. The van der Waals surface area contributed by atoms with Gasteiger partial charge in [0.2, 0.25) is 5.91 Å². The molecule has 1 aliphatic heterocycles. The molecule has 0 atom stereocenters. The third-order valence-corrected chi connectivity index (χ3v) is 4.80. The molecule has 0 bridgehead atoms. The minimum Gasteiger partial charge on any atom is -0.493 e. The molecular weight excluding hydrogens is 320 g/mol. The van der Waals surface area contributed by atoms with Crippen molar-refractivity contribution < 1.29 is 19.5 Å². The van der Waals surface area contributed by atoms with E-state index in [9.17, 15) is 4.79 Å². The van der Waals surface area contributed by atoms with Gasteiger partial charge >= 0.3 is 0 Å². The second kappa shape index (κ2) is 10.3. The molecule has 0 aromatic heterocycles. The van der Waals surface area contributed by atoms with E-state index in [1.165, 1.54) is 24.0 Å². The van der Waals surface area contributed by atoms with Crippen molar-refractivity contribution in [3.63, 3.8) is 0 Å². The molecule has 1 aliphatic rings. The van der Waals surface area contributed by atoms with Crippen LogP contribution in [0.4, 0.5) is 0 Å². The Hall–Kier alpha value is -1.79. The summed E-state index contributed by atoms with van der Waals surface area (Å²) in [5, 5.41) is 8.43. The molecule has 0 fully saturated rings. The number of hydrogen-bond acceptors (Lipinski definition) is 5. The number of benzene rings is 1. The first-order chi connectivity index (χ1) is 12.2. The number of hydrogen-bond donors (Lipinski definition) is 2. The van der Waals surface area contributed by atoms with Gasteiger partial charge in [-0.05, 0) is 49.1 Å². The van der Waals surface area contributed by atoms with E-state index in [0.29, 0.717) is 6.42 Å². The van der Waals surface area contributed by atoms with Crippen LogP contribution in [0, 0.1) is 0 Å². The third kappa shape index (κ3) is 5.90. The molecule has 0 spiro atoms. The molecule has 6 nitrogen and oxygen atoms in total. The first kappa shape index (κ1) is 19.5. The van der Waals surface area contributed by atoms with Crippen molar-refractivity contribution in [1.82, 2.24) is 10.4 Å². The van der Waals surface area contributed by atoms with E-state index in [1.807, 2.05) is 0 Å². The van der Waals surface area contributed by atoms with E-state index in [0.717, 1.165) is 56.8 Å². The Morgan fingerprint density at radius 3 is 2.40 bits per heavy atom. The summed E-state index contributed by atoms with van der Waals surface area (Å²) in [7, 11) is 3.35. The Kier molecular flexibility index (Phi) is 8.01. The SMILES string of the molecule is COc1cc2c(cc1OC)CN(CCCCCCCC(=O)NO)CC2. The number of carbonyl (C=O) groups excluding carboxylic acids is 1. The lowest BCUT2D eigenvalue weighted by Gasteiger charge is -2.29. The highest BCUT2D eigenvalue weighted by Crippen LogP contribution is 2.33. The lowest BCUT2D eigenvalue weighted by Crippen LogP contribution is -2.31. The highest BCUT2D eigenvalue weighted by atomic mass is 16.5. The molecule has 1 aromatic carbocycles. The highest BCUT2D eigenvalue weighted by Gasteiger charge is 2.19. The van der Waals surface area contributed by atoms with E-state index in [4.69, 9.17) is 14.7 Å². The Morgan fingerprint density at radius 2 is 1.72 bits per heavy atom. The number of unbranched alkanes of at least 4 members (excludes halogenated alkanes) is 4. The normalized spacial score (nSPS) is 14.0. The molecule has 140 valence electrons. The topological polar surface area (TPSA) is 71.0 Å². The lowest BCUT2D eigenvalue weighted by molar-refractivity contribution is -0.129. The maximum absolute atomic E-state index is 10.9. The Bertz CT molecular complexity index is 563. The molecule has 2 rings (SSSR count). The van der Waals surface area contributed by atoms with Crippen LogP contribution in [-0.2, 0) is 17.8 Å². The van der Waals surface area contributed by atoms with Crippen molar-refractivity contribution in [2.75, 3.05) is 27.3 Å². The zero-order valence-electron chi connectivity index (χ0n) is 15.3. The number of hydroxylamine groups is 1. The van der Waals surface area contributed by atoms with Crippen LogP contribution in [-0.4, -0.2) is 43.3 Å². The van der Waals surface area contributed by atoms with Crippen LogP contribution < -0.4 is 15.0 Å². The Morgan fingerprint density at radius 1 is 1.08 bits per heavy atom. The Labute approximate surface area is 150 Å². The molecule has 1 heterocycles. The molecule has 0 radical (unpaired) electrons. The van der Waals surface area contributed by atoms with Gasteiger partial charge in [-0.25, -0.2) is 5.48 Å². The zero-order valence-corrected chi connectivity index (χ0v) is 15.3. The predicted octanol–water partition coefficient (Wildman–Crippen LogP) is 2.91. The summed E-state index contributed by atoms with van der Waals surface area (Å²) in [5.41, 5.74) is 4.36. The summed E-state index contributed by atoms with van der Waals surface area (Å²) < 4.78 is 10.8. The zero-order chi connectivity index (χ0) is 18.1. The number of nitrogens with zero attached hydrogens (tertiary/aromatic N) is 1. The van der Waals surface area contributed by atoms with E-state index >= 15 is 0 Å². The van der Waals surface area contributed by atoms with E-state index in [-0.39, 0.29) is 5.91 Å². The van der Waals surface area contributed by atoms with Crippen molar-refractivity contribution in [1.29, 1.82) is 0 Å². The number of methoxy groups -OCH3 is 2. The summed E-state index contributed by atoms with van der Waals surface area (Å²) in [4.78, 5) is 13.4. The second-order valence-corrected chi connectivity index (χ2v) is 6.55. The predicted molar refractivity (Wildman–Crippen MR) is 96.2 cm³/mol. The van der Waals surface area contributed by atoms with E-state index in [1.54, 1.807) is 19.7 Å². The lowest BCUT2D eigenvalue weighted by atomic mass is 9.98. The number of fused-ring (bicyclic) bond motifs is 1. The molecule has 0 saturated carbocycles. The van der Waals surface area contributed by atoms with Gasteiger partial charge < -0.3 is 9.47 Å². The van der Waals surface area contributed by atoms with Crippen LogP contribution in [0.15, 0.2) is 12.1 Å². The van der Waals surface area contributed by atoms with Crippen LogP contribution in [0.3, 0.4) is 0 Å². The van der Waals surface area contributed by atoms with Crippen LogP contribution in [0.25, 0.3) is 0 Å². The van der Waals surface area contributed by atoms with E-state index < -0.39 is 0 Å². The summed E-state index contributed by atoms with van der Waals surface area (Å²) in [6.07, 6.45) is 6.81. The van der Waals surface area contributed by atoms with Crippen LogP contribution in [0.2, 0.25) is 0 Å². The van der Waals surface area contributed by atoms with Gasteiger partial charge in [0.15, 0.2) is 11.5 Å². The standard InChI is InChI=1S/C19H30N2O4/c1-24-17-12-15-9-11-21(14-16(15)13-18(17)25-2)10-7-5-3-4-6-8-19(22)20-23/h12-13,23H,3-11,14H2,1-2H3,(H,20,22). The fourth-order valence-electron chi connectivity index (χ4n) is 3.34. The van der Waals surface area contributed by atoms with Crippen molar-refractivity contribution in [2.45, 2.75) is 51.5 Å². The number of amides is 1. The number of rotatable bonds is 10. The van der Waals surface area contributed by atoms with Gasteiger partial charge in [-0.15, -0.1) is 0 Å². The number of carbonyl (C=O) groups is 1. The van der Waals surface area contributed by atoms with Crippen molar-refractivity contribution in [3.8, 4) is 11.5 Å². The molecule has 6 heteroatoms. The summed E-state index contributed by atoms with van der Waals surface area (Å²) in [6.45, 7) is 3.15. The van der Waals surface area contributed by atoms with Gasteiger partial charge in [0.05, 0.1) is 14.2 Å². The molecule has 0 aliphatic carbocycles. The highest BCUT2D eigenvalue weighted by molar-refractivity contribution is 5.74. The average Bonchev–Trinajstić information content (AvgIpc) is 2.65.